The first kappa shape index (κ1) is 18.5. The molecule has 1 aliphatic rings. The highest BCUT2D eigenvalue weighted by molar-refractivity contribution is 6.42. The fourth-order valence-corrected chi connectivity index (χ4v) is 2.92. The zero-order chi connectivity index (χ0) is 14.7. The smallest absolute Gasteiger partial charge is 0.163 e. The maximum atomic E-state index is 12.5. The van der Waals surface area contributed by atoms with Crippen LogP contribution in [0, 0.1) is 5.92 Å². The summed E-state index contributed by atoms with van der Waals surface area (Å²) in [6, 6.07) is 5.46. The third-order valence-electron chi connectivity index (χ3n) is 3.56. The largest absolute Gasteiger partial charge is 0.309 e. The van der Waals surface area contributed by atoms with Gasteiger partial charge in [0.25, 0.3) is 0 Å². The number of benzene rings is 1. The van der Waals surface area contributed by atoms with Crippen molar-refractivity contribution in [1.82, 2.24) is 4.90 Å². The van der Waals surface area contributed by atoms with Crippen molar-refractivity contribution in [2.24, 2.45) is 5.92 Å². The lowest BCUT2D eigenvalue weighted by atomic mass is 9.83. The number of carbonyl (C=O) groups excluding carboxylic acids is 1. The van der Waals surface area contributed by atoms with E-state index in [0.717, 1.165) is 36.9 Å². The molecule has 0 amide bonds. The molecule has 0 bridgehead atoms. The molecule has 1 aromatic carbocycles. The number of allylic oxidation sites excluding steroid dienone is 1. The van der Waals surface area contributed by atoms with Crippen molar-refractivity contribution in [2.75, 3.05) is 20.6 Å². The van der Waals surface area contributed by atoms with Gasteiger partial charge in [-0.25, -0.2) is 0 Å². The van der Waals surface area contributed by atoms with Crippen molar-refractivity contribution in [3.8, 4) is 0 Å². The molecular formula is C16H20Cl3NO. The second-order valence-corrected chi connectivity index (χ2v) is 6.37. The van der Waals surface area contributed by atoms with Crippen LogP contribution >= 0.6 is 35.6 Å². The van der Waals surface area contributed by atoms with Gasteiger partial charge in [-0.15, -0.1) is 12.4 Å². The summed E-state index contributed by atoms with van der Waals surface area (Å²) in [7, 11) is 4.01. The third-order valence-corrected chi connectivity index (χ3v) is 4.30. The second-order valence-electron chi connectivity index (χ2n) is 5.56. The highest BCUT2D eigenvalue weighted by Gasteiger charge is 2.26. The lowest BCUT2D eigenvalue weighted by molar-refractivity contribution is -0.120. The van der Waals surface area contributed by atoms with Gasteiger partial charge in [0.1, 0.15) is 0 Å². The van der Waals surface area contributed by atoms with Crippen molar-refractivity contribution < 1.29 is 4.79 Å². The molecule has 1 aromatic rings. The molecule has 0 aromatic heterocycles. The number of nitrogens with zero attached hydrogens (tertiary/aromatic N) is 1. The molecule has 0 N–H and O–H groups in total. The molecule has 1 aliphatic carbocycles. The van der Waals surface area contributed by atoms with Crippen LogP contribution in [0.3, 0.4) is 0 Å². The van der Waals surface area contributed by atoms with E-state index in [1.807, 2.05) is 26.2 Å². The van der Waals surface area contributed by atoms with Crippen LogP contribution in [-0.2, 0) is 4.79 Å². The van der Waals surface area contributed by atoms with Gasteiger partial charge in [0, 0.05) is 12.5 Å². The Balaban J connectivity index is 0.00000220. The SMILES string of the molecule is CN(C)CC1CCC/C(=C/c2ccc(Cl)c(Cl)c2)C1=O.Cl. The normalized spacial score (nSPS) is 20.7. The van der Waals surface area contributed by atoms with Gasteiger partial charge >= 0.3 is 0 Å². The number of ketones is 1. The molecule has 0 heterocycles. The van der Waals surface area contributed by atoms with E-state index in [0.29, 0.717) is 10.0 Å². The molecule has 21 heavy (non-hydrogen) atoms. The topological polar surface area (TPSA) is 20.3 Å². The van der Waals surface area contributed by atoms with E-state index in [2.05, 4.69) is 4.90 Å². The van der Waals surface area contributed by atoms with Gasteiger partial charge in [-0.1, -0.05) is 29.3 Å². The van der Waals surface area contributed by atoms with E-state index >= 15 is 0 Å². The standard InChI is InChI=1S/C16H19Cl2NO.ClH/c1-19(2)10-13-5-3-4-12(16(13)20)8-11-6-7-14(17)15(18)9-11;/h6-9,13H,3-5,10H2,1-2H3;1H/b12-8-;. The fraction of sp³-hybridized carbons (Fsp3) is 0.438. The summed E-state index contributed by atoms with van der Waals surface area (Å²) in [6.45, 7) is 0.817. The maximum absolute atomic E-state index is 12.5. The number of halogens is 3. The van der Waals surface area contributed by atoms with Gasteiger partial charge in [0.2, 0.25) is 0 Å². The van der Waals surface area contributed by atoms with Crippen molar-refractivity contribution in [3.63, 3.8) is 0 Å². The number of hydrogen-bond acceptors (Lipinski definition) is 2. The number of Topliss-reactive ketones (excluding diaryl/α,β-unsaturated/α-hetero) is 1. The molecule has 5 heteroatoms. The number of hydrogen-bond donors (Lipinski definition) is 0. The molecule has 116 valence electrons. The average molecular weight is 349 g/mol. The van der Waals surface area contributed by atoms with Gasteiger partial charge in [0.15, 0.2) is 5.78 Å². The highest BCUT2D eigenvalue weighted by Crippen LogP contribution is 2.29. The monoisotopic (exact) mass is 347 g/mol. The van der Waals surface area contributed by atoms with Crippen LogP contribution in [0.25, 0.3) is 6.08 Å². The Morgan fingerprint density at radius 2 is 2.00 bits per heavy atom. The van der Waals surface area contributed by atoms with Crippen molar-refractivity contribution >= 4 is 47.5 Å². The van der Waals surface area contributed by atoms with E-state index in [1.165, 1.54) is 0 Å². The lowest BCUT2D eigenvalue weighted by Crippen LogP contribution is -2.31. The minimum atomic E-state index is 0. The van der Waals surface area contributed by atoms with E-state index in [-0.39, 0.29) is 24.1 Å². The first-order chi connectivity index (χ1) is 9.47. The van der Waals surface area contributed by atoms with Crippen LogP contribution < -0.4 is 0 Å². The van der Waals surface area contributed by atoms with Gasteiger partial charge in [-0.3, -0.25) is 4.79 Å². The molecule has 2 nitrogen and oxygen atoms in total. The molecule has 1 atom stereocenters. The molecule has 2 rings (SSSR count). The van der Waals surface area contributed by atoms with Gasteiger partial charge < -0.3 is 4.90 Å². The van der Waals surface area contributed by atoms with E-state index in [4.69, 9.17) is 23.2 Å². The van der Waals surface area contributed by atoms with Crippen LogP contribution in [0.5, 0.6) is 0 Å². The molecule has 0 saturated heterocycles. The Hall–Kier alpha value is -0.540. The maximum Gasteiger partial charge on any atom is 0.163 e. The highest BCUT2D eigenvalue weighted by atomic mass is 35.5. The molecule has 1 fully saturated rings. The van der Waals surface area contributed by atoms with Crippen molar-refractivity contribution in [1.29, 1.82) is 0 Å². The summed E-state index contributed by atoms with van der Waals surface area (Å²) in [4.78, 5) is 14.5. The van der Waals surface area contributed by atoms with Gasteiger partial charge in [-0.2, -0.15) is 0 Å². The molecule has 0 aliphatic heterocycles. The fourth-order valence-electron chi connectivity index (χ4n) is 2.62. The van der Waals surface area contributed by atoms with Gasteiger partial charge in [0.05, 0.1) is 10.0 Å². The predicted octanol–water partition coefficient (Wildman–Crippen LogP) is 4.73. The van der Waals surface area contributed by atoms with E-state index in [1.54, 1.807) is 12.1 Å². The Morgan fingerprint density at radius 1 is 1.29 bits per heavy atom. The molecule has 1 unspecified atom stereocenters. The van der Waals surface area contributed by atoms with Crippen LogP contribution in [0.15, 0.2) is 23.8 Å². The summed E-state index contributed by atoms with van der Waals surface area (Å²) < 4.78 is 0. The Morgan fingerprint density at radius 3 is 2.62 bits per heavy atom. The summed E-state index contributed by atoms with van der Waals surface area (Å²) in [5.74, 6) is 0.392. The zero-order valence-electron chi connectivity index (χ0n) is 12.2. The van der Waals surface area contributed by atoms with E-state index < -0.39 is 0 Å². The lowest BCUT2D eigenvalue weighted by Gasteiger charge is -2.25. The van der Waals surface area contributed by atoms with Crippen molar-refractivity contribution in [3.05, 3.63) is 39.4 Å². The predicted molar refractivity (Wildman–Crippen MR) is 92.6 cm³/mol. The van der Waals surface area contributed by atoms with E-state index in [9.17, 15) is 4.79 Å². The number of carbonyl (C=O) groups is 1. The Kier molecular flexibility index (Phi) is 7.22. The second kappa shape index (κ2) is 8.19. The summed E-state index contributed by atoms with van der Waals surface area (Å²) >= 11 is 11.9. The van der Waals surface area contributed by atoms with Crippen LogP contribution in [-0.4, -0.2) is 31.3 Å². The Bertz CT molecular complexity index is 540. The molecule has 0 spiro atoms. The average Bonchev–Trinajstić information content (AvgIpc) is 2.38. The van der Waals surface area contributed by atoms with Crippen LogP contribution in [0.4, 0.5) is 0 Å². The zero-order valence-corrected chi connectivity index (χ0v) is 14.6. The number of rotatable bonds is 3. The third kappa shape index (κ3) is 5.00. The summed E-state index contributed by atoms with van der Waals surface area (Å²) in [6.07, 6.45) is 4.85. The minimum absolute atomic E-state index is 0. The molecule has 1 saturated carbocycles. The first-order valence-corrected chi connectivity index (χ1v) is 7.57. The Labute approximate surface area is 142 Å². The summed E-state index contributed by atoms with van der Waals surface area (Å²) in [5, 5.41) is 1.06. The molecular weight excluding hydrogens is 329 g/mol. The van der Waals surface area contributed by atoms with Crippen LogP contribution in [0.2, 0.25) is 10.0 Å². The van der Waals surface area contributed by atoms with Gasteiger partial charge in [-0.05, 0) is 62.7 Å². The summed E-state index contributed by atoms with van der Waals surface area (Å²) in [5.41, 5.74) is 1.84. The van der Waals surface area contributed by atoms with Crippen molar-refractivity contribution in [2.45, 2.75) is 19.3 Å². The quantitative estimate of drug-likeness (QED) is 0.736. The first-order valence-electron chi connectivity index (χ1n) is 6.82. The molecule has 0 radical (unpaired) electrons. The van der Waals surface area contributed by atoms with Crippen LogP contribution in [0.1, 0.15) is 24.8 Å². The minimum Gasteiger partial charge on any atom is -0.309 e.